The molecule has 2 heterocycles. The van der Waals surface area contributed by atoms with Crippen LogP contribution in [0.15, 0.2) is 12.3 Å². The quantitative estimate of drug-likeness (QED) is 0.881. The number of aromatic nitrogens is 2. The summed E-state index contributed by atoms with van der Waals surface area (Å²) in [7, 11) is 0. The highest BCUT2D eigenvalue weighted by atomic mass is 15.3. The molecule has 1 aliphatic heterocycles. The van der Waals surface area contributed by atoms with Gasteiger partial charge in [-0.25, -0.2) is 9.97 Å². The minimum absolute atomic E-state index is 0.459. The van der Waals surface area contributed by atoms with Gasteiger partial charge in [0.2, 0.25) is 5.95 Å². The maximum atomic E-state index is 8.95. The molecule has 0 radical (unpaired) electrons. The third-order valence-electron chi connectivity index (χ3n) is 3.92. The topological polar surface area (TPSA) is 64.8 Å². The van der Waals surface area contributed by atoms with Gasteiger partial charge in [0.15, 0.2) is 0 Å². The minimum atomic E-state index is 0.459. The highest BCUT2D eigenvalue weighted by Gasteiger charge is 2.32. The summed E-state index contributed by atoms with van der Waals surface area (Å²) < 4.78 is 0. The number of hydrogen-bond donors (Lipinski definition) is 1. The van der Waals surface area contributed by atoms with Crippen LogP contribution in [0.3, 0.4) is 0 Å². The van der Waals surface area contributed by atoms with Crippen molar-refractivity contribution in [3.05, 3.63) is 18.0 Å². The van der Waals surface area contributed by atoms with Crippen molar-refractivity contribution >= 4 is 5.95 Å². The van der Waals surface area contributed by atoms with Crippen LogP contribution in [0.1, 0.15) is 31.4 Å². The van der Waals surface area contributed by atoms with E-state index in [2.05, 4.69) is 26.3 Å². The number of nitrogens with one attached hydrogen (secondary N) is 1. The maximum absolute atomic E-state index is 8.95. The van der Waals surface area contributed by atoms with Crippen LogP contribution in [0.2, 0.25) is 0 Å². The van der Waals surface area contributed by atoms with Crippen molar-refractivity contribution in [3.63, 3.8) is 0 Å². The first-order valence-corrected chi connectivity index (χ1v) is 7.07. The molecule has 2 aliphatic rings. The van der Waals surface area contributed by atoms with Gasteiger partial charge < -0.3 is 10.2 Å². The van der Waals surface area contributed by atoms with E-state index in [-0.39, 0.29) is 0 Å². The molecule has 5 heteroatoms. The third-order valence-corrected chi connectivity index (χ3v) is 3.92. The van der Waals surface area contributed by atoms with Gasteiger partial charge in [0.1, 0.15) is 11.8 Å². The van der Waals surface area contributed by atoms with Crippen LogP contribution in [0.25, 0.3) is 0 Å². The first-order chi connectivity index (χ1) is 9.36. The Morgan fingerprint density at radius 2 is 2.11 bits per heavy atom. The first kappa shape index (κ1) is 12.4. The molecule has 19 heavy (non-hydrogen) atoms. The Morgan fingerprint density at radius 3 is 2.79 bits per heavy atom. The lowest BCUT2D eigenvalue weighted by molar-refractivity contribution is 0.371. The van der Waals surface area contributed by atoms with Crippen molar-refractivity contribution in [2.24, 2.45) is 5.92 Å². The van der Waals surface area contributed by atoms with Crippen LogP contribution in [-0.2, 0) is 0 Å². The zero-order chi connectivity index (χ0) is 13.1. The van der Waals surface area contributed by atoms with Crippen molar-refractivity contribution < 1.29 is 0 Å². The lowest BCUT2D eigenvalue weighted by atomic mass is 9.97. The van der Waals surface area contributed by atoms with Crippen molar-refractivity contribution in [2.45, 2.75) is 31.7 Å². The SMILES string of the molecule is N#Cc1ccnc(N(CC2CCNCC2)C2CC2)n1. The van der Waals surface area contributed by atoms with Crippen molar-refractivity contribution in [2.75, 3.05) is 24.5 Å². The fourth-order valence-corrected chi connectivity index (χ4v) is 2.67. The summed E-state index contributed by atoms with van der Waals surface area (Å²) in [4.78, 5) is 11.0. The van der Waals surface area contributed by atoms with Gasteiger partial charge in [-0.15, -0.1) is 0 Å². The second-order valence-corrected chi connectivity index (χ2v) is 5.43. The monoisotopic (exact) mass is 257 g/mol. The predicted octanol–water partition coefficient (Wildman–Crippen LogP) is 1.32. The number of anilines is 1. The number of piperidine rings is 1. The number of rotatable bonds is 4. The number of hydrogen-bond acceptors (Lipinski definition) is 5. The van der Waals surface area contributed by atoms with E-state index in [4.69, 9.17) is 5.26 Å². The molecule has 1 saturated carbocycles. The largest absolute Gasteiger partial charge is 0.338 e. The molecule has 100 valence electrons. The summed E-state index contributed by atoms with van der Waals surface area (Å²) >= 11 is 0. The van der Waals surface area contributed by atoms with Crippen molar-refractivity contribution in [1.82, 2.24) is 15.3 Å². The van der Waals surface area contributed by atoms with Gasteiger partial charge in [-0.2, -0.15) is 5.26 Å². The molecular weight excluding hydrogens is 238 g/mol. The molecule has 0 unspecified atom stereocenters. The van der Waals surface area contributed by atoms with Crippen LogP contribution in [0.4, 0.5) is 5.95 Å². The van der Waals surface area contributed by atoms with E-state index in [0.29, 0.717) is 11.7 Å². The Bertz CT molecular complexity index is 471. The van der Waals surface area contributed by atoms with Crippen LogP contribution >= 0.6 is 0 Å². The molecule has 3 rings (SSSR count). The van der Waals surface area contributed by atoms with Gasteiger partial charge in [-0.05, 0) is 50.8 Å². The molecule has 0 spiro atoms. The van der Waals surface area contributed by atoms with E-state index in [1.54, 1.807) is 12.3 Å². The van der Waals surface area contributed by atoms with E-state index in [0.717, 1.165) is 31.5 Å². The standard InChI is InChI=1S/C14H19N5/c15-9-12-5-8-17-14(18-12)19(13-1-2-13)10-11-3-6-16-7-4-11/h5,8,11,13,16H,1-4,6-7,10H2. The van der Waals surface area contributed by atoms with Crippen LogP contribution in [0.5, 0.6) is 0 Å². The lowest BCUT2D eigenvalue weighted by Gasteiger charge is -2.30. The number of nitrogens with zero attached hydrogens (tertiary/aromatic N) is 4. The molecule has 1 aliphatic carbocycles. The second-order valence-electron chi connectivity index (χ2n) is 5.43. The molecule has 1 aromatic rings. The van der Waals surface area contributed by atoms with E-state index >= 15 is 0 Å². The predicted molar refractivity (Wildman–Crippen MR) is 72.7 cm³/mol. The molecule has 1 saturated heterocycles. The molecule has 1 aromatic heterocycles. The van der Waals surface area contributed by atoms with Gasteiger partial charge in [0.05, 0.1) is 0 Å². The summed E-state index contributed by atoms with van der Waals surface area (Å²) in [5.41, 5.74) is 0.459. The van der Waals surface area contributed by atoms with E-state index in [1.807, 2.05) is 0 Å². The number of nitriles is 1. The van der Waals surface area contributed by atoms with Crippen LogP contribution in [-0.4, -0.2) is 35.6 Å². The summed E-state index contributed by atoms with van der Waals surface area (Å²) in [5, 5.41) is 12.4. The van der Waals surface area contributed by atoms with Gasteiger partial charge >= 0.3 is 0 Å². The minimum Gasteiger partial charge on any atom is -0.338 e. The molecule has 0 atom stereocenters. The Balaban J connectivity index is 1.74. The maximum Gasteiger partial charge on any atom is 0.226 e. The zero-order valence-corrected chi connectivity index (χ0v) is 11.0. The molecule has 0 bridgehead atoms. The zero-order valence-electron chi connectivity index (χ0n) is 11.0. The average molecular weight is 257 g/mol. The first-order valence-electron chi connectivity index (χ1n) is 7.07. The molecule has 0 amide bonds. The second kappa shape index (κ2) is 5.54. The smallest absolute Gasteiger partial charge is 0.226 e. The molecule has 0 aromatic carbocycles. The fourth-order valence-electron chi connectivity index (χ4n) is 2.67. The van der Waals surface area contributed by atoms with E-state index in [1.165, 1.54) is 25.7 Å². The average Bonchev–Trinajstić information content (AvgIpc) is 3.30. The Morgan fingerprint density at radius 1 is 1.32 bits per heavy atom. The van der Waals surface area contributed by atoms with Gasteiger partial charge in [-0.1, -0.05) is 0 Å². The highest BCUT2D eigenvalue weighted by molar-refractivity contribution is 5.37. The summed E-state index contributed by atoms with van der Waals surface area (Å²) in [5.74, 6) is 1.45. The van der Waals surface area contributed by atoms with Gasteiger partial charge in [0, 0.05) is 18.8 Å². The lowest BCUT2D eigenvalue weighted by Crippen LogP contribution is -2.38. The normalized spacial score (nSPS) is 19.9. The van der Waals surface area contributed by atoms with Crippen LogP contribution in [0, 0.1) is 17.2 Å². The Kier molecular flexibility index (Phi) is 3.60. The Hall–Kier alpha value is -1.67. The molecule has 1 N–H and O–H groups in total. The third kappa shape index (κ3) is 3.02. The van der Waals surface area contributed by atoms with E-state index < -0.39 is 0 Å². The van der Waals surface area contributed by atoms with Gasteiger partial charge in [-0.3, -0.25) is 0 Å². The van der Waals surface area contributed by atoms with Crippen molar-refractivity contribution in [3.8, 4) is 6.07 Å². The summed E-state index contributed by atoms with van der Waals surface area (Å²) in [6.07, 6.45) is 6.59. The molecule has 5 nitrogen and oxygen atoms in total. The fraction of sp³-hybridized carbons (Fsp3) is 0.643. The van der Waals surface area contributed by atoms with E-state index in [9.17, 15) is 0 Å². The molecular formula is C14H19N5. The van der Waals surface area contributed by atoms with Crippen molar-refractivity contribution in [1.29, 1.82) is 5.26 Å². The summed E-state index contributed by atoms with van der Waals surface area (Å²) in [6, 6.07) is 4.35. The van der Waals surface area contributed by atoms with Gasteiger partial charge in [0.25, 0.3) is 0 Å². The summed E-state index contributed by atoms with van der Waals surface area (Å²) in [6.45, 7) is 3.26. The highest BCUT2D eigenvalue weighted by Crippen LogP contribution is 2.31. The van der Waals surface area contributed by atoms with Crippen LogP contribution < -0.4 is 10.2 Å². The Labute approximate surface area is 113 Å². The molecule has 2 fully saturated rings.